The normalized spacial score (nSPS) is 12.3. The molecule has 7 heteroatoms. The summed E-state index contributed by atoms with van der Waals surface area (Å²) < 4.78 is 17.2. The van der Waals surface area contributed by atoms with Gasteiger partial charge in [-0.1, -0.05) is 0 Å². The maximum Gasteiger partial charge on any atom is 0.339 e. The van der Waals surface area contributed by atoms with Crippen LogP contribution in [0.5, 0.6) is 11.5 Å². The summed E-state index contributed by atoms with van der Waals surface area (Å²) in [6, 6.07) is 4.63. The summed E-state index contributed by atoms with van der Waals surface area (Å²) in [4.78, 5) is 23.4. The van der Waals surface area contributed by atoms with Gasteiger partial charge in [0, 0.05) is 24.5 Å². The first-order valence-corrected chi connectivity index (χ1v) is 7.02. The highest BCUT2D eigenvalue weighted by atomic mass is 16.7. The van der Waals surface area contributed by atoms with E-state index in [2.05, 4.69) is 0 Å². The van der Waals surface area contributed by atoms with Crippen molar-refractivity contribution in [3.63, 3.8) is 0 Å². The van der Waals surface area contributed by atoms with Gasteiger partial charge < -0.3 is 23.9 Å². The number of ether oxygens (including phenoxy) is 3. The lowest BCUT2D eigenvalue weighted by molar-refractivity contribution is 0.0526. The molecule has 1 aromatic heterocycles. The van der Waals surface area contributed by atoms with E-state index in [1.54, 1.807) is 36.9 Å². The molecule has 0 spiro atoms. The van der Waals surface area contributed by atoms with Crippen molar-refractivity contribution < 1.29 is 28.9 Å². The van der Waals surface area contributed by atoms with Gasteiger partial charge in [0.1, 0.15) is 0 Å². The van der Waals surface area contributed by atoms with E-state index in [9.17, 15) is 14.7 Å². The summed E-state index contributed by atoms with van der Waals surface area (Å²) in [5.41, 5.74) is 1.45. The van der Waals surface area contributed by atoms with Gasteiger partial charge in [-0.3, -0.25) is 0 Å². The first-order chi connectivity index (χ1) is 11.0. The van der Waals surface area contributed by atoms with E-state index in [0.29, 0.717) is 28.3 Å². The average Bonchev–Trinajstić information content (AvgIpc) is 3.11. The number of fused-ring (bicyclic) bond motifs is 1. The third-order valence-corrected chi connectivity index (χ3v) is 3.54. The number of aromatic nitrogens is 1. The molecule has 0 amide bonds. The molecular formula is C16H15NO6. The number of carbonyl (C=O) groups is 2. The highest BCUT2D eigenvalue weighted by Gasteiger charge is 2.23. The zero-order valence-corrected chi connectivity index (χ0v) is 12.7. The average molecular weight is 317 g/mol. The van der Waals surface area contributed by atoms with Gasteiger partial charge in [-0.2, -0.15) is 0 Å². The standard InChI is InChI=1S/C16H15NO6/c1-3-21-16(20)9-4-12(17(2)7-9)10-5-13-14(23-8-22-13)6-11(10)15(18)19/h4-7H,3,8H2,1-2H3,(H,18,19). The second-order valence-corrected chi connectivity index (χ2v) is 5.00. The van der Waals surface area contributed by atoms with Gasteiger partial charge in [-0.25, -0.2) is 9.59 Å². The molecule has 120 valence electrons. The smallest absolute Gasteiger partial charge is 0.339 e. The quantitative estimate of drug-likeness (QED) is 0.871. The molecule has 2 aromatic rings. The molecule has 0 bridgehead atoms. The Morgan fingerprint density at radius 1 is 1.26 bits per heavy atom. The highest BCUT2D eigenvalue weighted by Crippen LogP contribution is 2.39. The summed E-state index contributed by atoms with van der Waals surface area (Å²) in [6.07, 6.45) is 1.60. The second kappa shape index (κ2) is 5.68. The largest absolute Gasteiger partial charge is 0.478 e. The van der Waals surface area contributed by atoms with Crippen LogP contribution in [0.15, 0.2) is 24.4 Å². The number of carboxylic acid groups (broad SMARTS) is 1. The number of esters is 1. The first kappa shape index (κ1) is 15.0. The zero-order valence-electron chi connectivity index (χ0n) is 12.7. The van der Waals surface area contributed by atoms with Crippen molar-refractivity contribution in [3.8, 4) is 22.8 Å². The van der Waals surface area contributed by atoms with E-state index in [1.807, 2.05) is 0 Å². The van der Waals surface area contributed by atoms with Crippen molar-refractivity contribution in [1.29, 1.82) is 0 Å². The Kier molecular flexibility index (Phi) is 3.69. The van der Waals surface area contributed by atoms with Crippen molar-refractivity contribution in [1.82, 2.24) is 4.57 Å². The second-order valence-electron chi connectivity index (χ2n) is 5.00. The Balaban J connectivity index is 2.11. The molecule has 7 nitrogen and oxygen atoms in total. The van der Waals surface area contributed by atoms with Gasteiger partial charge in [0.2, 0.25) is 6.79 Å². The topological polar surface area (TPSA) is 87.0 Å². The molecule has 0 aliphatic carbocycles. The van der Waals surface area contributed by atoms with Crippen LogP contribution in [0.2, 0.25) is 0 Å². The van der Waals surface area contributed by atoms with Gasteiger partial charge in [0.25, 0.3) is 0 Å². The molecule has 1 aliphatic rings. The number of aryl methyl sites for hydroxylation is 1. The van der Waals surface area contributed by atoms with Crippen LogP contribution in [-0.4, -0.2) is 35.0 Å². The van der Waals surface area contributed by atoms with Crippen LogP contribution in [0.4, 0.5) is 0 Å². The molecule has 1 aromatic carbocycles. The highest BCUT2D eigenvalue weighted by molar-refractivity contribution is 5.98. The molecule has 23 heavy (non-hydrogen) atoms. The van der Waals surface area contributed by atoms with Gasteiger partial charge in [-0.05, 0) is 25.1 Å². The Labute approximate surface area is 132 Å². The van der Waals surface area contributed by atoms with Crippen LogP contribution in [0.1, 0.15) is 27.6 Å². The molecule has 1 N–H and O–H groups in total. The lowest BCUT2D eigenvalue weighted by Crippen LogP contribution is -2.02. The Morgan fingerprint density at radius 2 is 1.96 bits per heavy atom. The molecule has 2 heterocycles. The third-order valence-electron chi connectivity index (χ3n) is 3.54. The minimum atomic E-state index is -1.09. The van der Waals surface area contributed by atoms with E-state index in [0.717, 1.165) is 0 Å². The fraction of sp³-hybridized carbons (Fsp3) is 0.250. The van der Waals surface area contributed by atoms with Crippen molar-refractivity contribution >= 4 is 11.9 Å². The van der Waals surface area contributed by atoms with E-state index in [-0.39, 0.29) is 19.0 Å². The lowest BCUT2D eigenvalue weighted by atomic mass is 10.0. The fourth-order valence-electron chi connectivity index (χ4n) is 2.49. The number of nitrogens with zero attached hydrogens (tertiary/aromatic N) is 1. The maximum atomic E-state index is 11.9. The van der Waals surface area contributed by atoms with Crippen LogP contribution in [0, 0.1) is 0 Å². The predicted molar refractivity (Wildman–Crippen MR) is 79.9 cm³/mol. The van der Waals surface area contributed by atoms with Gasteiger partial charge >= 0.3 is 11.9 Å². The van der Waals surface area contributed by atoms with Crippen LogP contribution >= 0.6 is 0 Å². The molecule has 1 aliphatic heterocycles. The van der Waals surface area contributed by atoms with E-state index < -0.39 is 11.9 Å². The van der Waals surface area contributed by atoms with Crippen molar-refractivity contribution in [2.45, 2.75) is 6.92 Å². The third kappa shape index (κ3) is 2.61. The molecule has 0 radical (unpaired) electrons. The number of rotatable bonds is 4. The van der Waals surface area contributed by atoms with E-state index in [1.165, 1.54) is 6.07 Å². The summed E-state index contributed by atoms with van der Waals surface area (Å²) in [6.45, 7) is 2.05. The van der Waals surface area contributed by atoms with E-state index in [4.69, 9.17) is 14.2 Å². The van der Waals surface area contributed by atoms with Gasteiger partial charge in [-0.15, -0.1) is 0 Å². The minimum Gasteiger partial charge on any atom is -0.478 e. The summed E-state index contributed by atoms with van der Waals surface area (Å²) in [7, 11) is 1.73. The van der Waals surface area contributed by atoms with Crippen LogP contribution < -0.4 is 9.47 Å². The lowest BCUT2D eigenvalue weighted by Gasteiger charge is -2.09. The number of hydrogen-bond acceptors (Lipinski definition) is 5. The zero-order chi connectivity index (χ0) is 16.6. The summed E-state index contributed by atoms with van der Waals surface area (Å²) >= 11 is 0. The Hall–Kier alpha value is -2.96. The predicted octanol–water partition coefficient (Wildman–Crippen LogP) is 2.30. The van der Waals surface area contributed by atoms with Gasteiger partial charge in [0.15, 0.2) is 11.5 Å². The number of carbonyl (C=O) groups excluding carboxylic acids is 1. The number of hydrogen-bond donors (Lipinski definition) is 1. The molecular weight excluding hydrogens is 302 g/mol. The van der Waals surface area contributed by atoms with Crippen LogP contribution in [0.3, 0.4) is 0 Å². The fourth-order valence-corrected chi connectivity index (χ4v) is 2.49. The number of benzene rings is 1. The minimum absolute atomic E-state index is 0.0546. The molecule has 0 unspecified atom stereocenters. The first-order valence-electron chi connectivity index (χ1n) is 7.02. The molecule has 3 rings (SSSR count). The molecule has 0 fully saturated rings. The summed E-state index contributed by atoms with van der Waals surface area (Å²) in [5.74, 6) is -0.668. The van der Waals surface area contributed by atoms with Crippen LogP contribution in [-0.2, 0) is 11.8 Å². The molecule has 0 saturated heterocycles. The van der Waals surface area contributed by atoms with Crippen molar-refractivity contribution in [2.24, 2.45) is 7.05 Å². The number of carboxylic acids is 1. The Bertz CT molecular complexity index is 792. The molecule has 0 saturated carbocycles. The van der Waals surface area contributed by atoms with Crippen molar-refractivity contribution in [3.05, 3.63) is 35.5 Å². The number of aromatic carboxylic acids is 1. The monoisotopic (exact) mass is 317 g/mol. The maximum absolute atomic E-state index is 11.9. The van der Waals surface area contributed by atoms with E-state index >= 15 is 0 Å². The Morgan fingerprint density at radius 3 is 2.61 bits per heavy atom. The summed E-state index contributed by atoms with van der Waals surface area (Å²) in [5, 5.41) is 9.45. The van der Waals surface area contributed by atoms with Crippen LogP contribution in [0.25, 0.3) is 11.3 Å². The van der Waals surface area contributed by atoms with Gasteiger partial charge in [0.05, 0.1) is 17.7 Å². The molecule has 0 atom stereocenters. The SMILES string of the molecule is CCOC(=O)c1cc(-c2cc3c(cc2C(=O)O)OCO3)n(C)c1. The van der Waals surface area contributed by atoms with Crippen molar-refractivity contribution in [2.75, 3.05) is 13.4 Å².